The molecule has 0 radical (unpaired) electrons. The summed E-state index contributed by atoms with van der Waals surface area (Å²) in [6, 6.07) is 0. The highest BCUT2D eigenvalue weighted by Gasteiger charge is 2.12. The molecule has 0 aromatic carbocycles. The first kappa shape index (κ1) is 25.9. The summed E-state index contributed by atoms with van der Waals surface area (Å²) in [5.41, 5.74) is 0. The van der Waals surface area contributed by atoms with Crippen LogP contribution in [0.25, 0.3) is 0 Å². The van der Waals surface area contributed by atoms with Gasteiger partial charge >= 0.3 is 0 Å². The average molecular weight is 372 g/mol. The van der Waals surface area contributed by atoms with E-state index in [1.807, 2.05) is 0 Å². The Balaban J connectivity index is -0.000000722. The van der Waals surface area contributed by atoms with Gasteiger partial charge in [0.25, 0.3) is 0 Å². The zero-order chi connectivity index (χ0) is 11.1. The topological polar surface area (TPSA) is 30.5 Å². The molecule has 2 saturated heterocycles. The minimum absolute atomic E-state index is 0. The zero-order valence-corrected chi connectivity index (χ0v) is 15.3. The molecule has 0 atom stereocenters. The van der Waals surface area contributed by atoms with Gasteiger partial charge in [-0.15, -0.1) is 49.6 Å². The Bertz CT molecular complexity index is 164. The van der Waals surface area contributed by atoms with E-state index >= 15 is 0 Å². The summed E-state index contributed by atoms with van der Waals surface area (Å²) in [6.07, 6.45) is 2.61. The predicted octanol–water partition coefficient (Wildman–Crippen LogP) is 1.26. The molecule has 2 fully saturated rings. The quantitative estimate of drug-likeness (QED) is 0.781. The summed E-state index contributed by atoms with van der Waals surface area (Å²) < 4.78 is 0. The Morgan fingerprint density at radius 3 is 1.35 bits per heavy atom. The molecule has 2 aliphatic rings. The molecule has 2 N–H and O–H groups in total. The van der Waals surface area contributed by atoms with Crippen LogP contribution in [-0.2, 0) is 0 Å². The third kappa shape index (κ3) is 10.7. The minimum atomic E-state index is 0. The molecule has 0 amide bonds. The monoisotopic (exact) mass is 370 g/mol. The number of halogens is 4. The van der Waals surface area contributed by atoms with Crippen molar-refractivity contribution in [2.24, 2.45) is 0 Å². The number of nitrogens with zero attached hydrogens (tertiary/aromatic N) is 2. The van der Waals surface area contributed by atoms with Crippen LogP contribution in [-0.4, -0.2) is 75.2 Å². The maximum atomic E-state index is 3.46. The molecule has 8 heteroatoms. The lowest BCUT2D eigenvalue weighted by Gasteiger charge is -2.25. The fourth-order valence-corrected chi connectivity index (χ4v) is 2.53. The summed E-state index contributed by atoms with van der Waals surface area (Å²) in [7, 11) is 0. The fourth-order valence-electron chi connectivity index (χ4n) is 2.53. The van der Waals surface area contributed by atoms with Crippen molar-refractivity contribution in [3.05, 3.63) is 0 Å². The number of hydrogen-bond acceptors (Lipinski definition) is 4. The first-order valence-electron chi connectivity index (χ1n) is 6.81. The molecule has 2 heterocycles. The van der Waals surface area contributed by atoms with Gasteiger partial charge in [-0.25, -0.2) is 0 Å². The van der Waals surface area contributed by atoms with Crippen LogP contribution < -0.4 is 10.6 Å². The highest BCUT2D eigenvalue weighted by molar-refractivity contribution is 5.86. The average Bonchev–Trinajstić information content (AvgIpc) is 2.71. The second-order valence-electron chi connectivity index (χ2n) is 4.89. The van der Waals surface area contributed by atoms with Crippen molar-refractivity contribution in [3.8, 4) is 0 Å². The van der Waals surface area contributed by atoms with E-state index in [1.165, 1.54) is 78.3 Å². The van der Waals surface area contributed by atoms with Crippen LogP contribution in [0.5, 0.6) is 0 Å². The van der Waals surface area contributed by atoms with Crippen molar-refractivity contribution in [1.82, 2.24) is 20.4 Å². The van der Waals surface area contributed by atoms with Crippen LogP contribution in [0.15, 0.2) is 0 Å². The summed E-state index contributed by atoms with van der Waals surface area (Å²) in [6.45, 7) is 12.2. The molecule has 0 aliphatic carbocycles. The Kier molecular flexibility index (Phi) is 21.2. The van der Waals surface area contributed by atoms with E-state index in [0.29, 0.717) is 0 Å². The Hall–Kier alpha value is 1.00. The summed E-state index contributed by atoms with van der Waals surface area (Å²) in [5, 5.41) is 6.92. The maximum Gasteiger partial charge on any atom is 0.0110 e. The molecular weight excluding hydrogens is 342 g/mol. The standard InChI is InChI=1S/C12H26N4.4ClH/c1-3-13-5-9-15(7-1)11-12-16-8-2-4-14-6-10-16;;;;/h13-14H,1-12H2;4*1H. The maximum absolute atomic E-state index is 3.46. The molecule has 0 spiro atoms. The fraction of sp³-hybridized carbons (Fsp3) is 1.00. The zero-order valence-electron chi connectivity index (χ0n) is 12.0. The Labute approximate surface area is 148 Å². The molecular formula is C12H30Cl4N4. The number of rotatable bonds is 3. The second kappa shape index (κ2) is 16.4. The SMILES string of the molecule is C1CNCCN(CCN2CCCNCC2)C1.Cl.Cl.Cl.Cl. The van der Waals surface area contributed by atoms with Gasteiger partial charge in [-0.1, -0.05) is 0 Å². The van der Waals surface area contributed by atoms with Crippen LogP contribution in [0.2, 0.25) is 0 Å². The van der Waals surface area contributed by atoms with Gasteiger partial charge < -0.3 is 20.4 Å². The summed E-state index contributed by atoms with van der Waals surface area (Å²) >= 11 is 0. The molecule has 20 heavy (non-hydrogen) atoms. The van der Waals surface area contributed by atoms with Gasteiger partial charge in [0, 0.05) is 39.3 Å². The smallest absolute Gasteiger partial charge is 0.0110 e. The lowest BCUT2D eigenvalue weighted by atomic mass is 10.3. The van der Waals surface area contributed by atoms with E-state index in [4.69, 9.17) is 0 Å². The van der Waals surface area contributed by atoms with Crippen molar-refractivity contribution in [2.75, 3.05) is 65.4 Å². The van der Waals surface area contributed by atoms with Gasteiger partial charge in [-0.05, 0) is 39.0 Å². The van der Waals surface area contributed by atoms with E-state index in [1.54, 1.807) is 0 Å². The molecule has 126 valence electrons. The first-order chi connectivity index (χ1) is 7.95. The van der Waals surface area contributed by atoms with Crippen LogP contribution in [0.4, 0.5) is 0 Å². The van der Waals surface area contributed by atoms with Gasteiger partial charge in [0.1, 0.15) is 0 Å². The second-order valence-corrected chi connectivity index (χ2v) is 4.89. The molecule has 0 bridgehead atoms. The number of hydrogen-bond donors (Lipinski definition) is 2. The Morgan fingerprint density at radius 1 is 0.550 bits per heavy atom. The molecule has 0 aromatic heterocycles. The van der Waals surface area contributed by atoms with Gasteiger partial charge in [-0.3, -0.25) is 0 Å². The van der Waals surface area contributed by atoms with E-state index in [9.17, 15) is 0 Å². The third-order valence-electron chi connectivity index (χ3n) is 3.60. The van der Waals surface area contributed by atoms with E-state index in [2.05, 4.69) is 20.4 Å². The molecule has 0 unspecified atom stereocenters. The van der Waals surface area contributed by atoms with Crippen LogP contribution in [0.3, 0.4) is 0 Å². The van der Waals surface area contributed by atoms with Crippen molar-refractivity contribution >= 4 is 49.6 Å². The predicted molar refractivity (Wildman–Crippen MR) is 96.8 cm³/mol. The molecule has 2 aliphatic heterocycles. The van der Waals surface area contributed by atoms with E-state index < -0.39 is 0 Å². The van der Waals surface area contributed by atoms with Crippen LogP contribution >= 0.6 is 49.6 Å². The van der Waals surface area contributed by atoms with Crippen molar-refractivity contribution in [1.29, 1.82) is 0 Å². The minimum Gasteiger partial charge on any atom is -0.315 e. The lowest BCUT2D eigenvalue weighted by molar-refractivity contribution is 0.218. The molecule has 0 aromatic rings. The third-order valence-corrected chi connectivity index (χ3v) is 3.60. The largest absolute Gasteiger partial charge is 0.315 e. The first-order valence-corrected chi connectivity index (χ1v) is 6.81. The molecule has 2 rings (SSSR count). The highest BCUT2D eigenvalue weighted by Crippen LogP contribution is 1.99. The van der Waals surface area contributed by atoms with E-state index in [-0.39, 0.29) is 49.6 Å². The lowest BCUT2D eigenvalue weighted by Crippen LogP contribution is -2.38. The van der Waals surface area contributed by atoms with Crippen molar-refractivity contribution < 1.29 is 0 Å². The van der Waals surface area contributed by atoms with Gasteiger partial charge in [-0.2, -0.15) is 0 Å². The highest BCUT2D eigenvalue weighted by atomic mass is 35.5. The normalized spacial score (nSPS) is 21.0. The number of nitrogens with one attached hydrogen (secondary N) is 2. The van der Waals surface area contributed by atoms with Gasteiger partial charge in [0.05, 0.1) is 0 Å². The summed E-state index contributed by atoms with van der Waals surface area (Å²) in [5.74, 6) is 0. The summed E-state index contributed by atoms with van der Waals surface area (Å²) in [4.78, 5) is 5.22. The van der Waals surface area contributed by atoms with Crippen molar-refractivity contribution in [2.45, 2.75) is 12.8 Å². The van der Waals surface area contributed by atoms with Crippen molar-refractivity contribution in [3.63, 3.8) is 0 Å². The molecule has 0 saturated carbocycles. The van der Waals surface area contributed by atoms with Gasteiger partial charge in [0.15, 0.2) is 0 Å². The van der Waals surface area contributed by atoms with E-state index in [0.717, 1.165) is 0 Å². The van der Waals surface area contributed by atoms with Gasteiger partial charge in [0.2, 0.25) is 0 Å². The molecule has 4 nitrogen and oxygen atoms in total. The van der Waals surface area contributed by atoms with Crippen LogP contribution in [0, 0.1) is 0 Å². The van der Waals surface area contributed by atoms with Crippen LogP contribution in [0.1, 0.15) is 12.8 Å². The Morgan fingerprint density at radius 2 is 0.950 bits per heavy atom.